The van der Waals surface area contributed by atoms with E-state index in [9.17, 15) is 0 Å². The SMILES string of the molecule is Ic1c(-c2ccccc2)cc(-c2cccc3c2sc2ccccc23)cc1-c1ccccc1. The van der Waals surface area contributed by atoms with E-state index in [1.165, 1.54) is 57.1 Å². The van der Waals surface area contributed by atoms with E-state index in [1.807, 2.05) is 11.3 Å². The van der Waals surface area contributed by atoms with Gasteiger partial charge < -0.3 is 0 Å². The molecule has 6 aromatic rings. The third-order valence-corrected chi connectivity index (χ3v) is 8.34. The molecule has 2 heteroatoms. The summed E-state index contributed by atoms with van der Waals surface area (Å²) in [6, 6.07) is 41.6. The van der Waals surface area contributed by atoms with E-state index in [0.717, 1.165) is 0 Å². The Bertz CT molecular complexity index is 1500. The highest BCUT2D eigenvalue weighted by Gasteiger charge is 2.16. The molecule has 0 amide bonds. The van der Waals surface area contributed by atoms with Crippen molar-refractivity contribution in [1.82, 2.24) is 0 Å². The first kappa shape index (κ1) is 19.7. The molecule has 0 spiro atoms. The van der Waals surface area contributed by atoms with Gasteiger partial charge in [0.15, 0.2) is 0 Å². The lowest BCUT2D eigenvalue weighted by atomic mass is 9.93. The lowest BCUT2D eigenvalue weighted by molar-refractivity contribution is 1.54. The molecular weight excluding hydrogens is 519 g/mol. The second kappa shape index (κ2) is 8.19. The fraction of sp³-hybridized carbons (Fsp3) is 0. The van der Waals surface area contributed by atoms with Gasteiger partial charge in [0.2, 0.25) is 0 Å². The lowest BCUT2D eigenvalue weighted by Gasteiger charge is -2.15. The zero-order valence-corrected chi connectivity index (χ0v) is 20.2. The number of benzene rings is 5. The largest absolute Gasteiger partial charge is 0.135 e. The molecule has 6 rings (SSSR count). The number of halogens is 1. The molecule has 0 aliphatic rings. The summed E-state index contributed by atoms with van der Waals surface area (Å²) in [5.74, 6) is 0. The number of fused-ring (bicyclic) bond motifs is 3. The van der Waals surface area contributed by atoms with Crippen molar-refractivity contribution in [3.63, 3.8) is 0 Å². The average Bonchev–Trinajstić information content (AvgIpc) is 3.24. The quantitative estimate of drug-likeness (QED) is 0.197. The van der Waals surface area contributed by atoms with Crippen molar-refractivity contribution in [2.24, 2.45) is 0 Å². The van der Waals surface area contributed by atoms with Crippen LogP contribution in [-0.2, 0) is 0 Å². The highest BCUT2D eigenvalue weighted by molar-refractivity contribution is 14.1. The van der Waals surface area contributed by atoms with Crippen molar-refractivity contribution in [3.05, 3.63) is 119 Å². The molecule has 0 nitrogen and oxygen atoms in total. The maximum atomic E-state index is 2.52. The minimum Gasteiger partial charge on any atom is -0.135 e. The maximum absolute atomic E-state index is 2.52. The second-order valence-corrected chi connectivity index (χ2v) is 10.0. The Morgan fingerprint density at radius 3 is 1.69 bits per heavy atom. The Labute approximate surface area is 205 Å². The minimum absolute atomic E-state index is 1.25. The molecule has 0 aliphatic carbocycles. The van der Waals surface area contributed by atoms with E-state index in [1.54, 1.807) is 0 Å². The predicted molar refractivity (Wildman–Crippen MR) is 148 cm³/mol. The highest BCUT2D eigenvalue weighted by Crippen LogP contribution is 2.43. The van der Waals surface area contributed by atoms with Gasteiger partial charge in [0, 0.05) is 23.7 Å². The van der Waals surface area contributed by atoms with Gasteiger partial charge in [-0.3, -0.25) is 0 Å². The zero-order valence-electron chi connectivity index (χ0n) is 17.3. The standard InChI is InChI=1S/C30H19IS/c31-29-26(20-10-3-1-4-11-20)18-22(19-27(29)21-12-5-2-6-13-21)23-15-9-16-25-24-14-7-8-17-28(24)32-30(23)25/h1-19H. The summed E-state index contributed by atoms with van der Waals surface area (Å²) in [5, 5.41) is 2.68. The summed E-state index contributed by atoms with van der Waals surface area (Å²) >= 11 is 4.40. The van der Waals surface area contributed by atoms with Gasteiger partial charge >= 0.3 is 0 Å². The lowest BCUT2D eigenvalue weighted by Crippen LogP contribution is -1.91. The Morgan fingerprint density at radius 2 is 1.03 bits per heavy atom. The fourth-order valence-electron chi connectivity index (χ4n) is 4.41. The molecule has 152 valence electrons. The molecular formula is C30H19IS. The van der Waals surface area contributed by atoms with Crippen LogP contribution in [-0.4, -0.2) is 0 Å². The molecule has 0 aliphatic heterocycles. The van der Waals surface area contributed by atoms with Crippen molar-refractivity contribution in [3.8, 4) is 33.4 Å². The van der Waals surface area contributed by atoms with E-state index < -0.39 is 0 Å². The molecule has 0 N–H and O–H groups in total. The summed E-state index contributed by atoms with van der Waals surface area (Å²) in [7, 11) is 0. The van der Waals surface area contributed by atoms with E-state index in [0.29, 0.717) is 0 Å². The first-order valence-corrected chi connectivity index (χ1v) is 12.5. The van der Waals surface area contributed by atoms with Crippen molar-refractivity contribution < 1.29 is 0 Å². The van der Waals surface area contributed by atoms with Crippen LogP contribution in [0.2, 0.25) is 0 Å². The Balaban J connectivity index is 1.67. The number of rotatable bonds is 3. The molecule has 5 aromatic carbocycles. The topological polar surface area (TPSA) is 0 Å². The summed E-state index contributed by atoms with van der Waals surface area (Å²) in [5.41, 5.74) is 7.62. The molecule has 0 bridgehead atoms. The molecule has 1 heterocycles. The molecule has 0 fully saturated rings. The Morgan fingerprint density at radius 1 is 0.469 bits per heavy atom. The first-order valence-electron chi connectivity index (χ1n) is 10.6. The Kier molecular flexibility index (Phi) is 5.05. The highest BCUT2D eigenvalue weighted by atomic mass is 127. The molecule has 32 heavy (non-hydrogen) atoms. The van der Waals surface area contributed by atoms with Gasteiger partial charge in [-0.25, -0.2) is 0 Å². The predicted octanol–water partition coefficient (Wildman–Crippen LogP) is 9.66. The van der Waals surface area contributed by atoms with Crippen molar-refractivity contribution in [2.75, 3.05) is 0 Å². The summed E-state index contributed by atoms with van der Waals surface area (Å²) < 4.78 is 3.98. The zero-order chi connectivity index (χ0) is 21.5. The van der Waals surface area contributed by atoms with E-state index in [2.05, 4.69) is 138 Å². The summed E-state index contributed by atoms with van der Waals surface area (Å²) in [4.78, 5) is 0. The molecule has 1 aromatic heterocycles. The molecule has 0 unspecified atom stereocenters. The van der Waals surface area contributed by atoms with Crippen LogP contribution in [0.3, 0.4) is 0 Å². The van der Waals surface area contributed by atoms with E-state index in [-0.39, 0.29) is 0 Å². The first-order chi connectivity index (χ1) is 15.8. The number of hydrogen-bond acceptors (Lipinski definition) is 1. The second-order valence-electron chi connectivity index (χ2n) is 7.90. The van der Waals surface area contributed by atoms with Gasteiger partial charge in [-0.2, -0.15) is 0 Å². The van der Waals surface area contributed by atoms with Crippen LogP contribution in [0.5, 0.6) is 0 Å². The molecule has 0 saturated carbocycles. The average molecular weight is 538 g/mol. The van der Waals surface area contributed by atoms with Crippen LogP contribution in [0.25, 0.3) is 53.6 Å². The van der Waals surface area contributed by atoms with Crippen LogP contribution >= 0.6 is 33.9 Å². The number of hydrogen-bond donors (Lipinski definition) is 0. The van der Waals surface area contributed by atoms with Crippen LogP contribution in [0.1, 0.15) is 0 Å². The monoisotopic (exact) mass is 538 g/mol. The smallest absolute Gasteiger partial charge is 0.0433 e. The third-order valence-electron chi connectivity index (χ3n) is 5.96. The molecule has 0 saturated heterocycles. The van der Waals surface area contributed by atoms with Gasteiger partial charge in [0.1, 0.15) is 0 Å². The molecule has 0 radical (unpaired) electrons. The third kappa shape index (κ3) is 3.35. The molecule has 0 atom stereocenters. The van der Waals surface area contributed by atoms with Crippen LogP contribution < -0.4 is 0 Å². The van der Waals surface area contributed by atoms with Crippen LogP contribution in [0.15, 0.2) is 115 Å². The van der Waals surface area contributed by atoms with Gasteiger partial charge in [0.25, 0.3) is 0 Å². The normalized spacial score (nSPS) is 11.3. The van der Waals surface area contributed by atoms with Gasteiger partial charge in [-0.05, 0) is 74.2 Å². The van der Waals surface area contributed by atoms with Crippen molar-refractivity contribution >= 4 is 54.1 Å². The van der Waals surface area contributed by atoms with E-state index in [4.69, 9.17) is 0 Å². The van der Waals surface area contributed by atoms with Gasteiger partial charge in [-0.15, -0.1) is 11.3 Å². The summed E-state index contributed by atoms with van der Waals surface area (Å²) in [6.07, 6.45) is 0. The van der Waals surface area contributed by atoms with Gasteiger partial charge in [-0.1, -0.05) is 97.1 Å². The maximum Gasteiger partial charge on any atom is 0.0433 e. The van der Waals surface area contributed by atoms with Gasteiger partial charge in [0.05, 0.1) is 0 Å². The van der Waals surface area contributed by atoms with Crippen molar-refractivity contribution in [1.29, 1.82) is 0 Å². The summed E-state index contributed by atoms with van der Waals surface area (Å²) in [6.45, 7) is 0. The van der Waals surface area contributed by atoms with Crippen LogP contribution in [0.4, 0.5) is 0 Å². The fourth-order valence-corrected chi connectivity index (χ4v) is 6.58. The van der Waals surface area contributed by atoms with Crippen LogP contribution in [0, 0.1) is 3.57 Å². The Hall–Kier alpha value is -2.95. The number of thiophene rings is 1. The minimum atomic E-state index is 1.25. The van der Waals surface area contributed by atoms with Crippen molar-refractivity contribution in [2.45, 2.75) is 0 Å². The van der Waals surface area contributed by atoms with E-state index >= 15 is 0 Å².